The zero-order chi connectivity index (χ0) is 22.1. The average molecular weight is 447 g/mol. The summed E-state index contributed by atoms with van der Waals surface area (Å²) in [4.78, 5) is 49.8. The van der Waals surface area contributed by atoms with E-state index in [4.69, 9.17) is 44.9 Å². The average Bonchev–Trinajstić information content (AvgIpc) is 2.61. The third-order valence-electron chi connectivity index (χ3n) is 3.75. The molecule has 1 rings (SSSR count). The lowest BCUT2D eigenvalue weighted by Gasteiger charge is -2.11. The highest BCUT2D eigenvalue weighted by atomic mass is 35.5. The summed E-state index contributed by atoms with van der Waals surface area (Å²) in [6.07, 6.45) is -3.10. The fourth-order valence-electron chi connectivity index (χ4n) is 2.24. The molecule has 29 heavy (non-hydrogen) atoms. The minimum atomic E-state index is -1.79. The third-order valence-corrected chi connectivity index (χ3v) is 4.45. The minimum absolute atomic E-state index is 0.201. The van der Waals surface area contributed by atoms with E-state index in [2.05, 4.69) is 10.3 Å². The van der Waals surface area contributed by atoms with E-state index in [-0.39, 0.29) is 29.3 Å². The number of aliphatic carboxylic acids is 1. The molecule has 0 spiro atoms. The van der Waals surface area contributed by atoms with Gasteiger partial charge in [-0.1, -0.05) is 29.3 Å². The van der Waals surface area contributed by atoms with E-state index in [1.165, 1.54) is 0 Å². The highest BCUT2D eigenvalue weighted by Gasteiger charge is 2.24. The Morgan fingerprint density at radius 2 is 1.76 bits per heavy atom. The van der Waals surface area contributed by atoms with E-state index >= 15 is 0 Å². The van der Waals surface area contributed by atoms with E-state index in [0.717, 1.165) is 0 Å². The number of carbonyl (C=O) groups excluding carboxylic acids is 3. The molecule has 0 saturated carbocycles. The maximum absolute atomic E-state index is 12.0. The number of carboxylic acid groups (broad SMARTS) is 1. The SMILES string of the molecule is NC(=NC(=O)CC[C@H](CC(=O)[C@H](N)O)C(=O)O)NC(=O)Cc1c(Cl)cccc1Cl. The lowest BCUT2D eigenvalue weighted by molar-refractivity contribution is -0.145. The molecule has 0 heterocycles. The first kappa shape index (κ1) is 24.5. The van der Waals surface area contributed by atoms with Gasteiger partial charge in [0.15, 0.2) is 12.0 Å². The Labute approximate surface area is 175 Å². The summed E-state index contributed by atoms with van der Waals surface area (Å²) in [5.41, 5.74) is 10.9. The van der Waals surface area contributed by atoms with Crippen LogP contribution in [0.5, 0.6) is 0 Å². The first-order valence-corrected chi connectivity index (χ1v) is 9.05. The second-order valence-corrected chi connectivity index (χ2v) is 6.82. The Hall–Kier alpha value is -2.53. The topological polar surface area (TPSA) is 185 Å². The number of benzene rings is 1. The van der Waals surface area contributed by atoms with Gasteiger partial charge in [0.2, 0.25) is 17.8 Å². The number of aliphatic imine (C=N–C) groups is 1. The van der Waals surface area contributed by atoms with Crippen molar-refractivity contribution in [1.29, 1.82) is 0 Å². The summed E-state index contributed by atoms with van der Waals surface area (Å²) in [7, 11) is 0. The number of nitrogens with two attached hydrogens (primary N) is 2. The third kappa shape index (κ3) is 8.57. The number of ketones is 1. The second-order valence-electron chi connectivity index (χ2n) is 6.01. The molecule has 0 aromatic heterocycles. The van der Waals surface area contributed by atoms with E-state index < -0.39 is 48.1 Å². The number of amides is 2. The molecule has 10 nitrogen and oxygen atoms in total. The van der Waals surface area contributed by atoms with E-state index in [9.17, 15) is 19.2 Å². The number of Topliss-reactive ketones (excluding diaryl/α,β-unsaturated/α-hetero) is 1. The van der Waals surface area contributed by atoms with Crippen molar-refractivity contribution in [2.75, 3.05) is 0 Å². The van der Waals surface area contributed by atoms with Crippen molar-refractivity contribution in [2.45, 2.75) is 31.9 Å². The van der Waals surface area contributed by atoms with Gasteiger partial charge in [-0.05, 0) is 24.1 Å². The van der Waals surface area contributed by atoms with E-state index in [0.29, 0.717) is 5.56 Å². The summed E-state index contributed by atoms with van der Waals surface area (Å²) < 4.78 is 0. The maximum atomic E-state index is 12.0. The number of nitrogens with one attached hydrogen (secondary N) is 1. The molecule has 0 fully saturated rings. The number of guanidine groups is 1. The number of hydrogen-bond acceptors (Lipinski definition) is 6. The first-order chi connectivity index (χ1) is 13.5. The van der Waals surface area contributed by atoms with Crippen LogP contribution in [0.1, 0.15) is 24.8 Å². The quantitative estimate of drug-likeness (QED) is 0.202. The van der Waals surface area contributed by atoms with Gasteiger partial charge in [0.05, 0.1) is 12.3 Å². The molecule has 2 amide bonds. The number of carboxylic acids is 1. The maximum Gasteiger partial charge on any atom is 0.306 e. The van der Waals surface area contributed by atoms with Gasteiger partial charge < -0.3 is 15.9 Å². The Morgan fingerprint density at radius 1 is 1.17 bits per heavy atom. The van der Waals surface area contributed by atoms with Gasteiger partial charge in [-0.15, -0.1) is 0 Å². The van der Waals surface area contributed by atoms with Crippen molar-refractivity contribution in [1.82, 2.24) is 5.32 Å². The van der Waals surface area contributed by atoms with Crippen molar-refractivity contribution in [3.8, 4) is 0 Å². The van der Waals surface area contributed by atoms with Crippen LogP contribution in [-0.2, 0) is 25.6 Å². The first-order valence-electron chi connectivity index (χ1n) is 8.30. The molecule has 0 aliphatic carbocycles. The molecule has 0 unspecified atom stereocenters. The van der Waals surface area contributed by atoms with Gasteiger partial charge in [-0.2, -0.15) is 4.99 Å². The molecular weight excluding hydrogens is 427 g/mol. The molecule has 0 radical (unpaired) electrons. The van der Waals surface area contributed by atoms with Gasteiger partial charge in [0.1, 0.15) is 0 Å². The molecule has 0 saturated heterocycles. The van der Waals surface area contributed by atoms with Crippen molar-refractivity contribution < 1.29 is 29.4 Å². The van der Waals surface area contributed by atoms with Crippen LogP contribution in [0, 0.1) is 5.92 Å². The number of aliphatic hydroxyl groups is 1. The number of carbonyl (C=O) groups is 4. The van der Waals surface area contributed by atoms with Crippen LogP contribution in [0.2, 0.25) is 10.0 Å². The predicted octanol–water partition coefficient (Wildman–Crippen LogP) is 0.211. The second kappa shape index (κ2) is 11.5. The van der Waals surface area contributed by atoms with Gasteiger partial charge in [-0.3, -0.25) is 30.2 Å². The van der Waals surface area contributed by atoms with Gasteiger partial charge >= 0.3 is 5.97 Å². The summed E-state index contributed by atoms with van der Waals surface area (Å²) in [5.74, 6) is -5.31. The van der Waals surface area contributed by atoms with Gasteiger partial charge in [0, 0.05) is 22.9 Å². The number of nitrogens with zero attached hydrogens (tertiary/aromatic N) is 1. The molecule has 0 aliphatic heterocycles. The Bertz CT molecular complexity index is 808. The van der Waals surface area contributed by atoms with Crippen molar-refractivity contribution in [3.05, 3.63) is 33.8 Å². The normalized spacial score (nSPS) is 13.4. The Balaban J connectivity index is 2.61. The number of hydrogen-bond donors (Lipinski definition) is 5. The fourth-order valence-corrected chi connectivity index (χ4v) is 2.77. The highest BCUT2D eigenvalue weighted by molar-refractivity contribution is 6.36. The highest BCUT2D eigenvalue weighted by Crippen LogP contribution is 2.24. The van der Waals surface area contributed by atoms with Crippen molar-refractivity contribution in [2.24, 2.45) is 22.4 Å². The standard InChI is InChI=1S/C17H20Cl2N4O6/c18-10-2-1-3-11(19)9(10)7-14(26)23-17(21)22-13(25)5-4-8(16(28)29)6-12(24)15(20)27/h1-3,8,15,27H,4-7,20H2,(H,28,29)(H3,21,22,23,25,26)/t8-,15-/m1/s1. The molecule has 0 bridgehead atoms. The van der Waals surface area contributed by atoms with Gasteiger partial charge in [-0.25, -0.2) is 0 Å². The molecule has 1 aromatic rings. The van der Waals surface area contributed by atoms with Crippen molar-refractivity contribution in [3.63, 3.8) is 0 Å². The Kier molecular flexibility index (Phi) is 9.69. The van der Waals surface area contributed by atoms with Crippen LogP contribution in [0.3, 0.4) is 0 Å². The molecular formula is C17H20Cl2N4O6. The van der Waals surface area contributed by atoms with E-state index in [1.807, 2.05) is 0 Å². The largest absolute Gasteiger partial charge is 0.481 e. The lowest BCUT2D eigenvalue weighted by Crippen LogP contribution is -2.38. The zero-order valence-electron chi connectivity index (χ0n) is 15.1. The Morgan fingerprint density at radius 3 is 2.28 bits per heavy atom. The smallest absolute Gasteiger partial charge is 0.306 e. The predicted molar refractivity (Wildman–Crippen MR) is 105 cm³/mol. The van der Waals surface area contributed by atoms with Gasteiger partial charge in [0.25, 0.3) is 0 Å². The van der Waals surface area contributed by atoms with Crippen molar-refractivity contribution >= 4 is 52.7 Å². The molecule has 0 aliphatic rings. The molecule has 2 atom stereocenters. The number of halogens is 2. The number of rotatable bonds is 9. The molecule has 12 heteroatoms. The van der Waals surface area contributed by atoms with Crippen LogP contribution < -0.4 is 16.8 Å². The lowest BCUT2D eigenvalue weighted by atomic mass is 9.96. The summed E-state index contributed by atoms with van der Waals surface area (Å²) in [6.45, 7) is 0. The summed E-state index contributed by atoms with van der Waals surface area (Å²) in [5, 5.41) is 20.8. The monoisotopic (exact) mass is 446 g/mol. The van der Waals surface area contributed by atoms with Crippen LogP contribution in [0.25, 0.3) is 0 Å². The fraction of sp³-hybridized carbons (Fsp3) is 0.353. The summed E-state index contributed by atoms with van der Waals surface area (Å²) >= 11 is 11.9. The van der Waals surface area contributed by atoms with E-state index in [1.54, 1.807) is 18.2 Å². The molecule has 7 N–H and O–H groups in total. The number of aliphatic hydroxyl groups excluding tert-OH is 1. The molecule has 1 aromatic carbocycles. The molecule has 158 valence electrons. The van der Waals surface area contributed by atoms with Crippen LogP contribution in [0.15, 0.2) is 23.2 Å². The van der Waals surface area contributed by atoms with Crippen LogP contribution >= 0.6 is 23.2 Å². The van der Waals surface area contributed by atoms with Crippen LogP contribution in [0.4, 0.5) is 0 Å². The zero-order valence-corrected chi connectivity index (χ0v) is 16.6. The van der Waals surface area contributed by atoms with Crippen LogP contribution in [-0.4, -0.2) is 46.0 Å². The minimum Gasteiger partial charge on any atom is -0.481 e. The summed E-state index contributed by atoms with van der Waals surface area (Å²) in [6, 6.07) is 4.74.